The molecule has 74 heavy (non-hydrogen) atoms. The second-order valence-corrected chi connectivity index (χ2v) is 21.9. The fourth-order valence-electron chi connectivity index (χ4n) is 11.0. The molecule has 0 amide bonds. The lowest BCUT2D eigenvalue weighted by molar-refractivity contribution is -0.146. The smallest absolute Gasteiger partial charge is 0.465 e. The van der Waals surface area contributed by atoms with Crippen LogP contribution in [0.15, 0.2) is 0 Å². The van der Waals surface area contributed by atoms with Crippen LogP contribution in [0.2, 0.25) is 0 Å². The third kappa shape index (κ3) is 30.2. The summed E-state index contributed by atoms with van der Waals surface area (Å²) in [6.45, 7) is 9.92. The first-order chi connectivity index (χ1) is 36.1. The van der Waals surface area contributed by atoms with Crippen molar-refractivity contribution < 1.29 is 66.7 Å². The number of hydrogen-bond donors (Lipinski definition) is 0. The number of esters is 4. The summed E-state index contributed by atoms with van der Waals surface area (Å²) in [5, 5.41) is 0. The van der Waals surface area contributed by atoms with Crippen molar-refractivity contribution in [3.05, 3.63) is 0 Å². The summed E-state index contributed by atoms with van der Waals surface area (Å²) < 4.78 is 45.3. The highest BCUT2D eigenvalue weighted by Crippen LogP contribution is 2.27. The average molecular weight is 1050 g/mol. The molecule has 0 bridgehead atoms. The van der Waals surface area contributed by atoms with Crippen molar-refractivity contribution in [3.63, 3.8) is 0 Å². The number of likely N-dealkylation sites (N-methyl/N-ethyl adjacent to an activating group) is 1. The van der Waals surface area contributed by atoms with Crippen LogP contribution in [0, 0.1) is 23.7 Å². The first kappa shape index (κ1) is 62.9. The highest BCUT2D eigenvalue weighted by Gasteiger charge is 2.24. The molecule has 0 heterocycles. The van der Waals surface area contributed by atoms with Crippen LogP contribution in [0.25, 0.3) is 0 Å². The lowest BCUT2D eigenvalue weighted by Gasteiger charge is -2.26. The molecule has 4 saturated carbocycles. The molecule has 426 valence electrons. The Labute approximate surface area is 445 Å². The lowest BCUT2D eigenvalue weighted by atomic mass is 9.90. The molecule has 16 nitrogen and oxygen atoms in total. The summed E-state index contributed by atoms with van der Waals surface area (Å²) in [4.78, 5) is 81.3. The maximum atomic E-state index is 13.2. The maximum absolute atomic E-state index is 13.2. The number of rotatable bonds is 37. The van der Waals surface area contributed by atoms with Crippen molar-refractivity contribution in [3.8, 4) is 0 Å². The quantitative estimate of drug-likeness (QED) is 0.0423. The van der Waals surface area contributed by atoms with E-state index in [4.69, 9.17) is 37.9 Å². The zero-order valence-electron chi connectivity index (χ0n) is 46.2. The molecule has 0 aliphatic heterocycles. The molecule has 0 atom stereocenters. The lowest BCUT2D eigenvalue weighted by Crippen LogP contribution is -2.39. The Morgan fingerprint density at radius 2 is 0.635 bits per heavy atom. The monoisotopic (exact) mass is 1050 g/mol. The van der Waals surface area contributed by atoms with Gasteiger partial charge in [0.05, 0.1) is 26.4 Å². The predicted octanol–water partition coefficient (Wildman–Crippen LogP) is 11.8. The molecule has 0 unspecified atom stereocenters. The van der Waals surface area contributed by atoms with Gasteiger partial charge in [0.2, 0.25) is 0 Å². The van der Waals surface area contributed by atoms with Gasteiger partial charge in [-0.05, 0) is 139 Å². The van der Waals surface area contributed by atoms with Gasteiger partial charge in [0.1, 0.15) is 25.4 Å². The van der Waals surface area contributed by atoms with E-state index in [0.29, 0.717) is 121 Å². The van der Waals surface area contributed by atoms with Crippen molar-refractivity contribution in [1.29, 1.82) is 0 Å². The van der Waals surface area contributed by atoms with Crippen molar-refractivity contribution in [1.82, 2.24) is 9.80 Å². The molecular formula is C58H100N2O14. The fourth-order valence-corrected chi connectivity index (χ4v) is 11.0. The highest BCUT2D eigenvalue weighted by atomic mass is 16.7. The van der Waals surface area contributed by atoms with Gasteiger partial charge in [0, 0.05) is 51.9 Å². The first-order valence-electron chi connectivity index (χ1n) is 29.8. The minimum Gasteiger partial charge on any atom is -0.465 e. The molecule has 0 aromatic carbocycles. The van der Waals surface area contributed by atoms with Crippen molar-refractivity contribution in [2.75, 3.05) is 78.9 Å². The Balaban J connectivity index is 1.23. The summed E-state index contributed by atoms with van der Waals surface area (Å²) >= 11 is 0. The fraction of sp³-hybridized carbons (Fsp3) is 0.897. The van der Waals surface area contributed by atoms with E-state index in [1.807, 2.05) is 0 Å². The van der Waals surface area contributed by atoms with Crippen LogP contribution < -0.4 is 0 Å². The van der Waals surface area contributed by atoms with Gasteiger partial charge in [-0.2, -0.15) is 0 Å². The first-order valence-corrected chi connectivity index (χ1v) is 29.8. The molecule has 0 radical (unpaired) electrons. The second kappa shape index (κ2) is 39.7. The van der Waals surface area contributed by atoms with E-state index in [0.717, 1.165) is 71.0 Å². The molecule has 4 rings (SSSR count). The van der Waals surface area contributed by atoms with Crippen LogP contribution >= 0.6 is 0 Å². The number of ether oxygens (including phenoxy) is 8. The average Bonchev–Trinajstić information content (AvgIpc) is 3.41. The number of carbonyl (C=O) groups is 6. The number of carbonyl (C=O) groups excluding carboxylic acids is 6. The van der Waals surface area contributed by atoms with E-state index in [-0.39, 0.29) is 62.8 Å². The van der Waals surface area contributed by atoms with Crippen LogP contribution in [-0.2, 0) is 57.1 Å². The molecule has 0 aromatic rings. The zero-order valence-corrected chi connectivity index (χ0v) is 46.2. The Bertz CT molecular complexity index is 1350. The molecule has 4 aliphatic rings. The summed E-state index contributed by atoms with van der Waals surface area (Å²) in [5.74, 6) is 0.725. The van der Waals surface area contributed by atoms with Crippen LogP contribution in [-0.4, -0.2) is 137 Å². The van der Waals surface area contributed by atoms with E-state index in [9.17, 15) is 28.8 Å². The van der Waals surface area contributed by atoms with Crippen molar-refractivity contribution in [2.45, 2.75) is 232 Å². The Hall–Kier alpha value is -3.66. The minimum atomic E-state index is -0.820. The molecule has 0 aromatic heterocycles. The molecule has 0 N–H and O–H groups in total. The topological polar surface area (TPSA) is 183 Å². The minimum absolute atomic E-state index is 0.0312. The third-order valence-electron chi connectivity index (χ3n) is 15.9. The summed E-state index contributed by atoms with van der Waals surface area (Å²) in [5.41, 5.74) is 0. The van der Waals surface area contributed by atoms with E-state index >= 15 is 0 Å². The molecule has 4 fully saturated rings. The molecule has 0 saturated heterocycles. The van der Waals surface area contributed by atoms with Gasteiger partial charge in [-0.15, -0.1) is 0 Å². The Kier molecular flexibility index (Phi) is 33.7. The van der Waals surface area contributed by atoms with E-state index < -0.39 is 24.5 Å². The van der Waals surface area contributed by atoms with Crippen LogP contribution in [0.4, 0.5) is 9.59 Å². The normalized spacial score (nSPS) is 17.3. The van der Waals surface area contributed by atoms with Gasteiger partial charge in [0.25, 0.3) is 0 Å². The third-order valence-corrected chi connectivity index (χ3v) is 15.9. The van der Waals surface area contributed by atoms with Gasteiger partial charge >= 0.3 is 36.2 Å². The van der Waals surface area contributed by atoms with Gasteiger partial charge in [-0.1, -0.05) is 90.9 Å². The summed E-state index contributed by atoms with van der Waals surface area (Å²) in [7, 11) is 0. The number of nitrogens with zero attached hydrogens (tertiary/aromatic N) is 2. The van der Waals surface area contributed by atoms with Crippen LogP contribution in [0.3, 0.4) is 0 Å². The SMILES string of the molecule is CCN(CC)CCN(CCOC(=O)OC(CCCC(=O)OCC1CCCCC1)CCCC(=O)OCC1CCCCC1)CCOC(=O)OC(CCCC(=O)OCC1CCCCC1)CCCC(=O)OCC1CCCCC1. The van der Waals surface area contributed by atoms with Gasteiger partial charge < -0.3 is 42.8 Å². The van der Waals surface area contributed by atoms with Crippen LogP contribution in [0.1, 0.15) is 219 Å². The molecular weight excluding hydrogens is 949 g/mol. The summed E-state index contributed by atoms with van der Waals surface area (Å²) in [6.07, 6.45) is 24.9. The predicted molar refractivity (Wildman–Crippen MR) is 282 cm³/mol. The maximum Gasteiger partial charge on any atom is 0.508 e. The summed E-state index contributed by atoms with van der Waals surface area (Å²) in [6, 6.07) is 0. The van der Waals surface area contributed by atoms with Crippen LogP contribution in [0.5, 0.6) is 0 Å². The largest absolute Gasteiger partial charge is 0.508 e. The standard InChI is InChI=1S/C58H100N2O14/c1-3-59(4-2)37-38-60(39-41-67-57(65)73-51(29-17-33-53(61)69-43-47-21-9-5-10-22-47)30-18-34-54(62)70-44-48-23-11-6-12-24-48)40-42-68-58(66)74-52(31-19-35-55(63)71-45-49-25-13-7-14-26-49)32-20-36-56(64)72-46-50-27-15-8-16-28-50/h47-52H,3-46H2,1-2H3. The molecule has 16 heteroatoms. The Morgan fingerprint density at radius 3 is 0.905 bits per heavy atom. The number of hydrogen-bond acceptors (Lipinski definition) is 16. The van der Waals surface area contributed by atoms with E-state index in [1.54, 1.807) is 0 Å². The Morgan fingerprint density at radius 1 is 0.365 bits per heavy atom. The van der Waals surface area contributed by atoms with E-state index in [2.05, 4.69) is 23.6 Å². The van der Waals surface area contributed by atoms with Crippen molar-refractivity contribution >= 4 is 36.2 Å². The second-order valence-electron chi connectivity index (χ2n) is 21.9. The molecule has 4 aliphatic carbocycles. The van der Waals surface area contributed by atoms with Gasteiger partial charge in [-0.25, -0.2) is 9.59 Å². The zero-order chi connectivity index (χ0) is 52.9. The van der Waals surface area contributed by atoms with E-state index in [1.165, 1.54) is 77.0 Å². The molecule has 0 spiro atoms. The van der Waals surface area contributed by atoms with Gasteiger partial charge in [0.15, 0.2) is 0 Å². The van der Waals surface area contributed by atoms with Crippen molar-refractivity contribution in [2.24, 2.45) is 23.7 Å². The van der Waals surface area contributed by atoms with Gasteiger partial charge in [-0.3, -0.25) is 24.1 Å². The highest BCUT2D eigenvalue weighted by molar-refractivity contribution is 5.70.